The van der Waals surface area contributed by atoms with Crippen LogP contribution in [0.25, 0.3) is 10.6 Å². The lowest BCUT2D eigenvalue weighted by atomic mass is 9.70. The highest BCUT2D eigenvalue weighted by molar-refractivity contribution is 7.89. The van der Waals surface area contributed by atoms with Gasteiger partial charge in [0.25, 0.3) is 0 Å². The van der Waals surface area contributed by atoms with Gasteiger partial charge in [0.1, 0.15) is 16.8 Å². The highest BCUT2D eigenvalue weighted by atomic mass is 32.2. The first-order chi connectivity index (χ1) is 16.0. The summed E-state index contributed by atoms with van der Waals surface area (Å²) in [4.78, 5) is 26.0. The van der Waals surface area contributed by atoms with E-state index in [1.807, 2.05) is 45.0 Å². The molecule has 2 saturated carbocycles. The van der Waals surface area contributed by atoms with Gasteiger partial charge in [-0.2, -0.15) is 4.31 Å². The number of anilines is 1. The molecule has 1 N–H and O–H groups in total. The Morgan fingerprint density at radius 1 is 1.26 bits per heavy atom. The second-order valence-corrected chi connectivity index (χ2v) is 13.4. The van der Waals surface area contributed by atoms with Crippen LogP contribution >= 0.6 is 11.3 Å². The molecule has 1 amide bonds. The fourth-order valence-corrected chi connectivity index (χ4v) is 9.40. The highest BCUT2D eigenvalue weighted by Gasteiger charge is 2.66. The van der Waals surface area contributed by atoms with Crippen LogP contribution in [0.1, 0.15) is 51.5 Å². The number of hydrogen-bond donors (Lipinski definition) is 1. The Morgan fingerprint density at radius 3 is 2.74 bits per heavy atom. The molecule has 5 rings (SSSR count). The monoisotopic (exact) mass is 502 g/mol. The molecule has 10 heteroatoms. The van der Waals surface area contributed by atoms with E-state index in [4.69, 9.17) is 0 Å². The normalized spacial score (nSPS) is 28.5. The number of carbonyl (C=O) groups excluding carboxylic acids is 2. The van der Waals surface area contributed by atoms with Gasteiger partial charge in [0, 0.05) is 23.9 Å². The maximum absolute atomic E-state index is 13.6. The number of amides is 1. The topological polar surface area (TPSA) is 109 Å². The number of Topliss-reactive ketones (excluding diaryl/α,β-unsaturated/α-hetero) is 1. The minimum Gasteiger partial charge on any atom is -0.299 e. The summed E-state index contributed by atoms with van der Waals surface area (Å²) in [6.45, 7) is 6.34. The molecule has 34 heavy (non-hydrogen) atoms. The first kappa shape index (κ1) is 23.6. The molecule has 2 aliphatic carbocycles. The lowest BCUT2D eigenvalue weighted by Gasteiger charge is -2.37. The van der Waals surface area contributed by atoms with Gasteiger partial charge in [-0.1, -0.05) is 48.9 Å². The average molecular weight is 503 g/mol. The zero-order valence-electron chi connectivity index (χ0n) is 19.7. The molecule has 3 fully saturated rings. The van der Waals surface area contributed by atoms with Crippen molar-refractivity contribution in [1.29, 1.82) is 0 Å². The van der Waals surface area contributed by atoms with E-state index in [-0.39, 0.29) is 22.9 Å². The molecule has 1 aliphatic heterocycles. The van der Waals surface area contributed by atoms with Crippen molar-refractivity contribution in [3.8, 4) is 10.6 Å². The number of hydrogen-bond acceptors (Lipinski definition) is 7. The molecular weight excluding hydrogens is 472 g/mol. The predicted octanol–water partition coefficient (Wildman–Crippen LogP) is 3.64. The number of sulfonamides is 1. The van der Waals surface area contributed by atoms with Gasteiger partial charge in [-0.05, 0) is 50.0 Å². The Kier molecular flexibility index (Phi) is 5.69. The zero-order chi connectivity index (χ0) is 24.3. The Morgan fingerprint density at radius 2 is 2.06 bits per heavy atom. The van der Waals surface area contributed by atoms with E-state index in [9.17, 15) is 18.0 Å². The molecule has 1 aromatic heterocycles. The molecular formula is C24H30N4O4S2. The minimum atomic E-state index is -3.80. The molecule has 2 heterocycles. The van der Waals surface area contributed by atoms with Crippen LogP contribution in [0.3, 0.4) is 0 Å². The van der Waals surface area contributed by atoms with E-state index < -0.39 is 27.4 Å². The number of carbonyl (C=O) groups is 2. The van der Waals surface area contributed by atoms with Crippen molar-refractivity contribution in [2.45, 2.75) is 58.9 Å². The van der Waals surface area contributed by atoms with E-state index in [1.54, 1.807) is 0 Å². The van der Waals surface area contributed by atoms with Gasteiger partial charge < -0.3 is 0 Å². The van der Waals surface area contributed by atoms with Gasteiger partial charge in [0.2, 0.25) is 21.1 Å². The third kappa shape index (κ3) is 3.70. The lowest BCUT2D eigenvalue weighted by Crippen LogP contribution is -2.50. The average Bonchev–Trinajstić information content (AvgIpc) is 3.52. The quantitative estimate of drug-likeness (QED) is 0.646. The van der Waals surface area contributed by atoms with Crippen LogP contribution in [-0.4, -0.2) is 53.0 Å². The van der Waals surface area contributed by atoms with Crippen molar-refractivity contribution in [3.05, 3.63) is 29.8 Å². The maximum Gasteiger partial charge on any atom is 0.244 e. The first-order valence-corrected chi connectivity index (χ1v) is 14.2. The Labute approximate surface area is 204 Å². The Hall–Kier alpha value is -2.17. The molecule has 3 atom stereocenters. The van der Waals surface area contributed by atoms with E-state index in [2.05, 4.69) is 15.5 Å². The number of ketones is 1. The molecule has 3 unspecified atom stereocenters. The van der Waals surface area contributed by atoms with Crippen molar-refractivity contribution < 1.29 is 18.0 Å². The summed E-state index contributed by atoms with van der Waals surface area (Å²) in [6, 6.07) is 7.06. The maximum atomic E-state index is 13.6. The van der Waals surface area contributed by atoms with Crippen molar-refractivity contribution >= 4 is 38.2 Å². The number of aryl methyl sites for hydroxylation is 1. The van der Waals surface area contributed by atoms with Crippen molar-refractivity contribution in [2.24, 2.45) is 16.7 Å². The van der Waals surface area contributed by atoms with Crippen molar-refractivity contribution in [2.75, 3.05) is 17.6 Å². The summed E-state index contributed by atoms with van der Waals surface area (Å²) in [6.07, 6.45) is 3.02. The van der Waals surface area contributed by atoms with Crippen molar-refractivity contribution in [1.82, 2.24) is 14.5 Å². The summed E-state index contributed by atoms with van der Waals surface area (Å²) in [5, 5.41) is 12.1. The highest BCUT2D eigenvalue weighted by Crippen LogP contribution is 2.64. The van der Waals surface area contributed by atoms with E-state index in [0.29, 0.717) is 42.4 Å². The fraction of sp³-hybridized carbons (Fsp3) is 0.583. The molecule has 2 bridgehead atoms. The number of nitrogens with zero attached hydrogens (tertiary/aromatic N) is 3. The number of nitrogens with one attached hydrogen (secondary N) is 1. The molecule has 0 radical (unpaired) electrons. The molecule has 1 aromatic carbocycles. The van der Waals surface area contributed by atoms with E-state index in [1.165, 1.54) is 15.6 Å². The number of rotatable bonds is 6. The van der Waals surface area contributed by atoms with Crippen LogP contribution < -0.4 is 5.32 Å². The number of benzene rings is 1. The van der Waals surface area contributed by atoms with Crippen LogP contribution in [0.4, 0.5) is 5.13 Å². The summed E-state index contributed by atoms with van der Waals surface area (Å²) < 4.78 is 28.4. The first-order valence-electron chi connectivity index (χ1n) is 11.8. The molecule has 182 valence electrons. The Bertz CT molecular complexity index is 1260. The second-order valence-electron chi connectivity index (χ2n) is 10.5. The van der Waals surface area contributed by atoms with Gasteiger partial charge in [0.05, 0.1) is 5.75 Å². The zero-order valence-corrected chi connectivity index (χ0v) is 21.3. The summed E-state index contributed by atoms with van der Waals surface area (Å²) >= 11 is 1.26. The number of fused-ring (bicyclic) bond motifs is 2. The summed E-state index contributed by atoms with van der Waals surface area (Å²) in [5.41, 5.74) is 0.832. The second kappa shape index (κ2) is 8.20. The van der Waals surface area contributed by atoms with Crippen LogP contribution in [0.5, 0.6) is 0 Å². The number of aromatic nitrogens is 2. The third-order valence-electron chi connectivity index (χ3n) is 8.35. The Balaban J connectivity index is 1.32. The lowest BCUT2D eigenvalue weighted by molar-refractivity contribution is -0.128. The summed E-state index contributed by atoms with van der Waals surface area (Å²) in [7, 11) is -3.80. The molecule has 3 aliphatic rings. The smallest absolute Gasteiger partial charge is 0.244 e. The molecule has 2 aromatic rings. The van der Waals surface area contributed by atoms with Gasteiger partial charge in [-0.15, -0.1) is 10.2 Å². The van der Waals surface area contributed by atoms with Crippen LogP contribution in [0.2, 0.25) is 0 Å². The van der Waals surface area contributed by atoms with Gasteiger partial charge in [-0.25, -0.2) is 8.42 Å². The van der Waals surface area contributed by atoms with Gasteiger partial charge in [0.15, 0.2) is 0 Å². The van der Waals surface area contributed by atoms with Crippen LogP contribution in [0, 0.1) is 23.7 Å². The molecule has 1 saturated heterocycles. The standard InChI is InChI=1S/C24H30N4O4S2/c1-15-6-4-7-16(12-15)21-26-27-22(33-21)25-20(30)18-8-5-11-28(18)34(31,32)14-24-10-9-17(13-19(24)29)23(24,2)3/h4,6-7,12,17-18H,5,8-11,13-14H2,1-3H3,(H,25,27,30). The van der Waals surface area contributed by atoms with Crippen LogP contribution in [0.15, 0.2) is 24.3 Å². The molecule has 8 nitrogen and oxygen atoms in total. The molecule has 0 spiro atoms. The van der Waals surface area contributed by atoms with Gasteiger partial charge in [-0.3, -0.25) is 14.9 Å². The largest absolute Gasteiger partial charge is 0.299 e. The third-order valence-corrected chi connectivity index (χ3v) is 11.2. The SMILES string of the molecule is Cc1cccc(-c2nnc(NC(=O)C3CCCN3S(=O)(=O)CC34CCC(CC3=O)C4(C)C)s2)c1. The predicted molar refractivity (Wildman–Crippen MR) is 131 cm³/mol. The van der Waals surface area contributed by atoms with Crippen molar-refractivity contribution in [3.63, 3.8) is 0 Å². The van der Waals surface area contributed by atoms with E-state index in [0.717, 1.165) is 17.5 Å². The summed E-state index contributed by atoms with van der Waals surface area (Å²) in [5.74, 6) is -0.294. The van der Waals surface area contributed by atoms with E-state index >= 15 is 0 Å². The fourth-order valence-electron chi connectivity index (χ4n) is 6.19. The minimum absolute atomic E-state index is 0.0649. The van der Waals surface area contributed by atoms with Crippen LogP contribution in [-0.2, 0) is 19.6 Å². The van der Waals surface area contributed by atoms with Gasteiger partial charge >= 0.3 is 0 Å².